The van der Waals surface area contributed by atoms with Crippen molar-refractivity contribution < 1.29 is 14.6 Å². The van der Waals surface area contributed by atoms with Crippen molar-refractivity contribution in [1.29, 1.82) is 0 Å². The van der Waals surface area contributed by atoms with Gasteiger partial charge in [-0.3, -0.25) is 20.2 Å². The number of rotatable bonds is 6. The van der Waals surface area contributed by atoms with Crippen LogP contribution in [0.5, 0.6) is 0 Å². The molecule has 7 heteroatoms. The molecule has 0 aliphatic rings. The topological polar surface area (TPSA) is 95.5 Å². The maximum absolute atomic E-state index is 10.7. The Balaban J connectivity index is 2.32. The monoisotopic (exact) mass is 302 g/mol. The van der Waals surface area contributed by atoms with Gasteiger partial charge in [0.25, 0.3) is 11.4 Å². The van der Waals surface area contributed by atoms with Gasteiger partial charge in [0.1, 0.15) is 6.10 Å². The van der Waals surface area contributed by atoms with Gasteiger partial charge in [-0.1, -0.05) is 0 Å². The minimum atomic E-state index is -0.467. The molecule has 0 aliphatic carbocycles. The lowest BCUT2D eigenvalue weighted by atomic mass is 10.0. The second-order valence-electron chi connectivity index (χ2n) is 4.53. The van der Waals surface area contributed by atoms with E-state index in [1.54, 1.807) is 24.3 Å². The van der Waals surface area contributed by atoms with Gasteiger partial charge >= 0.3 is 0 Å². The number of nitro benzene ring substituents is 2. The molecule has 114 valence electrons. The highest BCUT2D eigenvalue weighted by Gasteiger charge is 2.17. The summed E-state index contributed by atoms with van der Waals surface area (Å²) >= 11 is 0. The standard InChI is InChI=1S/C15H14N2O5/c1-2-22-15(11-3-7-13(8-4-11)16(18)19)12-5-9-14(10-6-12)17(20)21/h3-10,15H,2H2,1H3. The Morgan fingerprint density at radius 1 is 0.864 bits per heavy atom. The van der Waals surface area contributed by atoms with Crippen LogP contribution in [0.15, 0.2) is 48.5 Å². The van der Waals surface area contributed by atoms with Gasteiger partial charge in [0, 0.05) is 30.9 Å². The van der Waals surface area contributed by atoms with Crippen molar-refractivity contribution >= 4 is 11.4 Å². The van der Waals surface area contributed by atoms with Crippen molar-refractivity contribution in [2.24, 2.45) is 0 Å². The van der Waals surface area contributed by atoms with Crippen molar-refractivity contribution in [2.75, 3.05) is 6.61 Å². The second-order valence-corrected chi connectivity index (χ2v) is 4.53. The Hall–Kier alpha value is -2.80. The highest BCUT2D eigenvalue weighted by molar-refractivity contribution is 5.40. The van der Waals surface area contributed by atoms with Crippen LogP contribution in [-0.2, 0) is 4.74 Å². The minimum absolute atomic E-state index is 0.00250. The number of benzene rings is 2. The summed E-state index contributed by atoms with van der Waals surface area (Å²) in [5.74, 6) is 0. The molecule has 7 nitrogen and oxygen atoms in total. The molecule has 0 radical (unpaired) electrons. The Labute approximate surface area is 126 Å². The van der Waals surface area contributed by atoms with E-state index in [0.717, 1.165) is 11.1 Å². The average Bonchev–Trinajstić information content (AvgIpc) is 2.53. The molecule has 0 aliphatic heterocycles. The SMILES string of the molecule is CCOC(c1ccc([N+](=O)[O-])cc1)c1ccc([N+](=O)[O-])cc1. The van der Waals surface area contributed by atoms with Crippen molar-refractivity contribution in [3.05, 3.63) is 79.9 Å². The summed E-state index contributed by atoms with van der Waals surface area (Å²) in [5.41, 5.74) is 1.51. The molecule has 2 aromatic rings. The average molecular weight is 302 g/mol. The van der Waals surface area contributed by atoms with Crippen molar-refractivity contribution in [3.8, 4) is 0 Å². The summed E-state index contributed by atoms with van der Waals surface area (Å²) in [4.78, 5) is 20.4. The fourth-order valence-corrected chi connectivity index (χ4v) is 2.09. The smallest absolute Gasteiger partial charge is 0.269 e. The van der Waals surface area contributed by atoms with Crippen molar-refractivity contribution in [3.63, 3.8) is 0 Å². The van der Waals surface area contributed by atoms with E-state index in [0.29, 0.717) is 6.61 Å². The summed E-state index contributed by atoms with van der Waals surface area (Å²) in [6.45, 7) is 2.28. The molecular weight excluding hydrogens is 288 g/mol. The lowest BCUT2D eigenvalue weighted by Crippen LogP contribution is -2.06. The third kappa shape index (κ3) is 3.44. The number of non-ortho nitro benzene ring substituents is 2. The molecule has 0 bridgehead atoms. The number of nitro groups is 2. The molecule has 0 aromatic heterocycles. The molecule has 0 spiro atoms. The van der Waals surface area contributed by atoms with Crippen molar-refractivity contribution in [1.82, 2.24) is 0 Å². The van der Waals surface area contributed by atoms with E-state index in [2.05, 4.69) is 0 Å². The van der Waals surface area contributed by atoms with Crippen LogP contribution in [-0.4, -0.2) is 16.5 Å². The molecule has 22 heavy (non-hydrogen) atoms. The largest absolute Gasteiger partial charge is 0.369 e. The van der Waals surface area contributed by atoms with Gasteiger partial charge in [-0.2, -0.15) is 0 Å². The van der Waals surface area contributed by atoms with Gasteiger partial charge in [0.05, 0.1) is 9.85 Å². The first-order valence-corrected chi connectivity index (χ1v) is 6.63. The highest BCUT2D eigenvalue weighted by Crippen LogP contribution is 2.28. The molecule has 0 atom stereocenters. The Bertz CT molecular complexity index is 610. The number of ether oxygens (including phenoxy) is 1. The van der Waals surface area contributed by atoms with Crippen LogP contribution in [0, 0.1) is 20.2 Å². The van der Waals surface area contributed by atoms with E-state index in [4.69, 9.17) is 4.74 Å². The molecule has 2 rings (SSSR count). The summed E-state index contributed by atoms with van der Waals surface area (Å²) < 4.78 is 5.68. The molecule has 0 heterocycles. The molecule has 0 unspecified atom stereocenters. The molecule has 0 saturated carbocycles. The van der Waals surface area contributed by atoms with Gasteiger partial charge in [-0.25, -0.2) is 0 Å². The van der Waals surface area contributed by atoms with Crippen molar-refractivity contribution in [2.45, 2.75) is 13.0 Å². The molecule has 2 aromatic carbocycles. The first-order valence-electron chi connectivity index (χ1n) is 6.63. The van der Waals surface area contributed by atoms with E-state index >= 15 is 0 Å². The maximum Gasteiger partial charge on any atom is 0.269 e. The third-order valence-electron chi connectivity index (χ3n) is 3.15. The fourth-order valence-electron chi connectivity index (χ4n) is 2.09. The Kier molecular flexibility index (Phi) is 4.80. The quantitative estimate of drug-likeness (QED) is 0.599. The number of nitrogens with zero attached hydrogens (tertiary/aromatic N) is 2. The number of hydrogen-bond acceptors (Lipinski definition) is 5. The Morgan fingerprint density at radius 3 is 1.50 bits per heavy atom. The zero-order valence-electron chi connectivity index (χ0n) is 11.8. The van der Waals surface area contributed by atoms with Crippen LogP contribution in [0.1, 0.15) is 24.2 Å². The molecule has 0 fully saturated rings. The van der Waals surface area contributed by atoms with Gasteiger partial charge in [0.15, 0.2) is 0 Å². The van der Waals surface area contributed by atoms with E-state index in [1.807, 2.05) is 6.92 Å². The van der Waals surface area contributed by atoms with Crippen LogP contribution >= 0.6 is 0 Å². The zero-order chi connectivity index (χ0) is 16.1. The van der Waals surface area contributed by atoms with Crippen LogP contribution < -0.4 is 0 Å². The predicted octanol–water partition coefficient (Wildman–Crippen LogP) is 3.63. The van der Waals surface area contributed by atoms with Crippen LogP contribution in [0.25, 0.3) is 0 Å². The third-order valence-corrected chi connectivity index (χ3v) is 3.15. The summed E-state index contributed by atoms with van der Waals surface area (Å²) in [7, 11) is 0. The first kappa shape index (κ1) is 15.6. The minimum Gasteiger partial charge on any atom is -0.369 e. The van der Waals surface area contributed by atoms with Gasteiger partial charge in [0.2, 0.25) is 0 Å². The van der Waals surface area contributed by atoms with E-state index in [-0.39, 0.29) is 11.4 Å². The molecule has 0 saturated heterocycles. The molecule has 0 amide bonds. The summed E-state index contributed by atoms with van der Waals surface area (Å²) in [5, 5.41) is 21.4. The van der Waals surface area contributed by atoms with Crippen LogP contribution in [0.4, 0.5) is 11.4 Å². The first-order chi connectivity index (χ1) is 10.5. The van der Waals surface area contributed by atoms with Gasteiger partial charge < -0.3 is 4.74 Å². The van der Waals surface area contributed by atoms with Gasteiger partial charge in [-0.05, 0) is 42.3 Å². The van der Waals surface area contributed by atoms with E-state index in [1.165, 1.54) is 24.3 Å². The lowest BCUT2D eigenvalue weighted by Gasteiger charge is -2.17. The van der Waals surface area contributed by atoms with Crippen LogP contribution in [0.3, 0.4) is 0 Å². The predicted molar refractivity (Wildman–Crippen MR) is 79.7 cm³/mol. The second kappa shape index (κ2) is 6.77. The summed E-state index contributed by atoms with van der Waals surface area (Å²) in [6.07, 6.45) is -0.424. The number of hydrogen-bond donors (Lipinski definition) is 0. The molecule has 0 N–H and O–H groups in total. The highest BCUT2D eigenvalue weighted by atomic mass is 16.6. The Morgan fingerprint density at radius 2 is 1.23 bits per heavy atom. The molecular formula is C15H14N2O5. The zero-order valence-corrected chi connectivity index (χ0v) is 11.8. The maximum atomic E-state index is 10.7. The van der Waals surface area contributed by atoms with Crippen LogP contribution in [0.2, 0.25) is 0 Å². The fraction of sp³-hybridized carbons (Fsp3) is 0.200. The van der Waals surface area contributed by atoms with E-state index in [9.17, 15) is 20.2 Å². The van der Waals surface area contributed by atoms with Gasteiger partial charge in [-0.15, -0.1) is 0 Å². The normalized spacial score (nSPS) is 10.6. The lowest BCUT2D eigenvalue weighted by molar-refractivity contribution is -0.385. The summed E-state index contributed by atoms with van der Waals surface area (Å²) in [6, 6.07) is 12.1. The van der Waals surface area contributed by atoms with E-state index < -0.39 is 16.0 Å².